The van der Waals surface area contributed by atoms with Crippen molar-refractivity contribution in [3.05, 3.63) is 83.2 Å². The molecule has 2 heterocycles. The molecule has 1 aliphatic rings. The van der Waals surface area contributed by atoms with Crippen molar-refractivity contribution < 1.29 is 9.59 Å². The second-order valence-electron chi connectivity index (χ2n) is 7.33. The van der Waals surface area contributed by atoms with Crippen LogP contribution in [-0.4, -0.2) is 33.0 Å². The predicted octanol–water partition coefficient (Wildman–Crippen LogP) is 3.23. The number of likely N-dealkylation sites (tertiary alicyclic amines) is 1. The lowest BCUT2D eigenvalue weighted by atomic mass is 10.1. The minimum Gasteiger partial charge on any atom is -0.348 e. The van der Waals surface area contributed by atoms with Crippen LogP contribution in [0.2, 0.25) is 0 Å². The number of rotatable bonds is 6. The van der Waals surface area contributed by atoms with Gasteiger partial charge in [0.15, 0.2) is 0 Å². The van der Waals surface area contributed by atoms with Crippen molar-refractivity contribution in [3.8, 4) is 5.69 Å². The Balaban J connectivity index is 1.43. The molecule has 1 aliphatic heterocycles. The first-order valence-corrected chi connectivity index (χ1v) is 9.85. The van der Waals surface area contributed by atoms with Crippen LogP contribution in [0.5, 0.6) is 0 Å². The maximum Gasteiger partial charge on any atom is 0.254 e. The third-order valence-corrected chi connectivity index (χ3v) is 5.30. The van der Waals surface area contributed by atoms with Crippen LogP contribution in [0.4, 0.5) is 0 Å². The molecule has 1 fully saturated rings. The highest BCUT2D eigenvalue weighted by Gasteiger charge is 2.21. The highest BCUT2D eigenvalue weighted by atomic mass is 16.2. The molecular formula is C23H24N4O2. The summed E-state index contributed by atoms with van der Waals surface area (Å²) in [7, 11) is 0. The Morgan fingerprint density at radius 3 is 2.62 bits per heavy atom. The van der Waals surface area contributed by atoms with Crippen molar-refractivity contribution in [1.82, 2.24) is 20.0 Å². The summed E-state index contributed by atoms with van der Waals surface area (Å²) in [6.07, 6.45) is 4.87. The molecule has 6 nitrogen and oxygen atoms in total. The molecule has 2 aromatic carbocycles. The normalized spacial score (nSPS) is 13.7. The number of nitrogens with one attached hydrogen (secondary N) is 1. The molecule has 0 aliphatic carbocycles. The summed E-state index contributed by atoms with van der Waals surface area (Å²) in [5.41, 5.74) is 4.64. The lowest BCUT2D eigenvalue weighted by molar-refractivity contribution is -0.128. The van der Waals surface area contributed by atoms with Gasteiger partial charge in [0.25, 0.3) is 5.91 Å². The standard InChI is InChI=1S/C23H24N4O2/c1-17-7-2-5-10-21(17)27-16-20(14-25-27)23(29)24-13-18-8-3-4-9-19(18)15-26-12-6-11-22(26)28/h2-5,7-10,14,16H,6,11-13,15H2,1H3,(H,24,29). The maximum absolute atomic E-state index is 12.6. The largest absolute Gasteiger partial charge is 0.348 e. The molecule has 1 aromatic heterocycles. The number of carbonyl (C=O) groups excluding carboxylic acids is 2. The van der Waals surface area contributed by atoms with Gasteiger partial charge in [-0.2, -0.15) is 5.10 Å². The zero-order valence-corrected chi connectivity index (χ0v) is 16.5. The molecule has 148 valence electrons. The fourth-order valence-electron chi connectivity index (χ4n) is 3.63. The van der Waals surface area contributed by atoms with E-state index in [2.05, 4.69) is 10.4 Å². The summed E-state index contributed by atoms with van der Waals surface area (Å²) in [5, 5.41) is 7.30. The molecular weight excluding hydrogens is 364 g/mol. The highest BCUT2D eigenvalue weighted by molar-refractivity contribution is 5.93. The summed E-state index contributed by atoms with van der Waals surface area (Å²) in [6.45, 7) is 3.82. The van der Waals surface area contributed by atoms with E-state index in [0.717, 1.165) is 35.3 Å². The van der Waals surface area contributed by atoms with Crippen LogP contribution in [-0.2, 0) is 17.9 Å². The number of carbonyl (C=O) groups is 2. The Kier molecular flexibility index (Phi) is 5.42. The van der Waals surface area contributed by atoms with Gasteiger partial charge in [0, 0.05) is 32.3 Å². The quantitative estimate of drug-likeness (QED) is 0.705. The lowest BCUT2D eigenvalue weighted by Crippen LogP contribution is -2.26. The number of amides is 2. The van der Waals surface area contributed by atoms with Crippen LogP contribution in [0, 0.1) is 6.92 Å². The zero-order valence-electron chi connectivity index (χ0n) is 16.5. The van der Waals surface area contributed by atoms with Crippen molar-refractivity contribution >= 4 is 11.8 Å². The number of aromatic nitrogens is 2. The molecule has 0 radical (unpaired) electrons. The number of nitrogens with zero attached hydrogens (tertiary/aromatic N) is 3. The van der Waals surface area contributed by atoms with E-state index in [9.17, 15) is 9.59 Å². The first-order valence-electron chi connectivity index (χ1n) is 9.85. The van der Waals surface area contributed by atoms with E-state index in [1.165, 1.54) is 0 Å². The van der Waals surface area contributed by atoms with Crippen LogP contribution in [0.3, 0.4) is 0 Å². The van der Waals surface area contributed by atoms with E-state index >= 15 is 0 Å². The van der Waals surface area contributed by atoms with Gasteiger partial charge in [-0.3, -0.25) is 9.59 Å². The molecule has 29 heavy (non-hydrogen) atoms. The van der Waals surface area contributed by atoms with Gasteiger partial charge in [-0.1, -0.05) is 42.5 Å². The molecule has 6 heteroatoms. The Morgan fingerprint density at radius 1 is 1.10 bits per heavy atom. The minimum atomic E-state index is -0.170. The van der Waals surface area contributed by atoms with E-state index in [4.69, 9.17) is 0 Å². The number of aryl methyl sites for hydroxylation is 1. The number of benzene rings is 2. The van der Waals surface area contributed by atoms with Gasteiger partial charge in [-0.25, -0.2) is 4.68 Å². The summed E-state index contributed by atoms with van der Waals surface area (Å²) in [5.74, 6) is 0.0318. The van der Waals surface area contributed by atoms with Crippen molar-refractivity contribution in [2.45, 2.75) is 32.9 Å². The smallest absolute Gasteiger partial charge is 0.254 e. The average molecular weight is 388 g/mol. The second kappa shape index (κ2) is 8.31. The van der Waals surface area contributed by atoms with Crippen molar-refractivity contribution in [1.29, 1.82) is 0 Å². The molecule has 4 rings (SSSR count). The van der Waals surface area contributed by atoms with Gasteiger partial charge in [0.2, 0.25) is 5.91 Å². The topological polar surface area (TPSA) is 67.2 Å². The van der Waals surface area contributed by atoms with Gasteiger partial charge in [0.05, 0.1) is 17.4 Å². The van der Waals surface area contributed by atoms with Gasteiger partial charge < -0.3 is 10.2 Å². The van der Waals surface area contributed by atoms with Crippen LogP contribution in [0.1, 0.15) is 39.9 Å². The SMILES string of the molecule is Cc1ccccc1-n1cc(C(=O)NCc2ccccc2CN2CCCC2=O)cn1. The summed E-state index contributed by atoms with van der Waals surface area (Å²) >= 11 is 0. The molecule has 3 aromatic rings. The van der Waals surface area contributed by atoms with Gasteiger partial charge >= 0.3 is 0 Å². The van der Waals surface area contributed by atoms with E-state index in [0.29, 0.717) is 25.1 Å². The van der Waals surface area contributed by atoms with Crippen LogP contribution in [0.15, 0.2) is 60.9 Å². The Morgan fingerprint density at radius 2 is 1.86 bits per heavy atom. The van der Waals surface area contributed by atoms with Crippen molar-refractivity contribution in [3.63, 3.8) is 0 Å². The van der Waals surface area contributed by atoms with Gasteiger partial charge in [0.1, 0.15) is 0 Å². The van der Waals surface area contributed by atoms with E-state index < -0.39 is 0 Å². The number of hydrogen-bond acceptors (Lipinski definition) is 3. The lowest BCUT2D eigenvalue weighted by Gasteiger charge is -2.18. The average Bonchev–Trinajstić information content (AvgIpc) is 3.37. The Hall–Kier alpha value is -3.41. The van der Waals surface area contributed by atoms with Crippen molar-refractivity contribution in [2.75, 3.05) is 6.54 Å². The molecule has 1 N–H and O–H groups in total. The fraction of sp³-hybridized carbons (Fsp3) is 0.261. The van der Waals surface area contributed by atoms with E-state index in [1.54, 1.807) is 17.1 Å². The van der Waals surface area contributed by atoms with Gasteiger partial charge in [-0.15, -0.1) is 0 Å². The van der Waals surface area contributed by atoms with Crippen LogP contribution < -0.4 is 5.32 Å². The highest BCUT2D eigenvalue weighted by Crippen LogP contribution is 2.18. The fourth-order valence-corrected chi connectivity index (χ4v) is 3.63. The minimum absolute atomic E-state index is 0.170. The summed E-state index contributed by atoms with van der Waals surface area (Å²) < 4.78 is 1.72. The predicted molar refractivity (Wildman–Crippen MR) is 111 cm³/mol. The molecule has 0 saturated carbocycles. The van der Waals surface area contributed by atoms with Crippen LogP contribution >= 0.6 is 0 Å². The molecule has 0 bridgehead atoms. The third kappa shape index (κ3) is 4.21. The number of para-hydroxylation sites is 1. The van der Waals surface area contributed by atoms with Gasteiger partial charge in [-0.05, 0) is 36.1 Å². The van der Waals surface area contributed by atoms with E-state index in [-0.39, 0.29) is 11.8 Å². The van der Waals surface area contributed by atoms with E-state index in [1.807, 2.05) is 60.4 Å². The summed E-state index contributed by atoms with van der Waals surface area (Å²) in [4.78, 5) is 26.4. The second-order valence-corrected chi connectivity index (χ2v) is 7.33. The first-order chi connectivity index (χ1) is 14.1. The Bertz CT molecular complexity index is 1040. The molecule has 0 atom stereocenters. The third-order valence-electron chi connectivity index (χ3n) is 5.30. The molecule has 0 unspecified atom stereocenters. The Labute approximate surface area is 170 Å². The molecule has 2 amide bonds. The first kappa shape index (κ1) is 18.9. The summed E-state index contributed by atoms with van der Waals surface area (Å²) in [6, 6.07) is 15.8. The molecule has 1 saturated heterocycles. The maximum atomic E-state index is 12.6. The number of hydrogen-bond donors (Lipinski definition) is 1. The van der Waals surface area contributed by atoms with Crippen LogP contribution in [0.25, 0.3) is 5.69 Å². The zero-order chi connectivity index (χ0) is 20.2. The van der Waals surface area contributed by atoms with Crippen molar-refractivity contribution in [2.24, 2.45) is 0 Å². The monoisotopic (exact) mass is 388 g/mol. The molecule has 0 spiro atoms.